The number of hydrogen-bond acceptors (Lipinski definition) is 3. The van der Waals surface area contributed by atoms with Crippen LogP contribution in [0.25, 0.3) is 28.3 Å². The van der Waals surface area contributed by atoms with Crippen LogP contribution < -0.4 is 4.90 Å². The first-order chi connectivity index (χ1) is 31.7. The molecule has 0 bridgehead atoms. The Hall–Kier alpha value is -6.32. The summed E-state index contributed by atoms with van der Waals surface area (Å²) >= 11 is 0. The van der Waals surface area contributed by atoms with Crippen molar-refractivity contribution in [1.29, 1.82) is 0 Å². The van der Waals surface area contributed by atoms with Gasteiger partial charge in [-0.2, -0.15) is 0 Å². The molecule has 1 aliphatic carbocycles. The third-order valence-corrected chi connectivity index (χ3v) is 10.9. The van der Waals surface area contributed by atoms with Gasteiger partial charge < -0.3 is 4.90 Å². The highest BCUT2D eigenvalue weighted by molar-refractivity contribution is 6.10. The molecule has 0 spiro atoms. The molecule has 4 aromatic rings. The van der Waals surface area contributed by atoms with Crippen molar-refractivity contribution in [3.05, 3.63) is 209 Å². The second-order valence-corrected chi connectivity index (χ2v) is 15.0. The van der Waals surface area contributed by atoms with Gasteiger partial charge in [0.1, 0.15) is 0 Å². The van der Waals surface area contributed by atoms with Crippen molar-refractivity contribution in [1.82, 2.24) is 0 Å². The van der Waals surface area contributed by atoms with Gasteiger partial charge in [-0.05, 0) is 177 Å². The number of rotatable bonds is 13. The van der Waals surface area contributed by atoms with E-state index in [-0.39, 0.29) is 0 Å². The van der Waals surface area contributed by atoms with E-state index in [1.165, 1.54) is 72.7 Å². The molecule has 2 aliphatic rings. The quantitative estimate of drug-likeness (QED) is 0.0972. The van der Waals surface area contributed by atoms with E-state index in [4.69, 9.17) is 0 Å². The van der Waals surface area contributed by atoms with Gasteiger partial charge in [0, 0.05) is 17.1 Å². The molecule has 3 nitrogen and oxygen atoms in total. The maximum Gasteiger partial charge on any atom is 0.0668 e. The summed E-state index contributed by atoms with van der Waals surface area (Å²) in [5.74, 6) is 0. The molecule has 0 fully saturated rings. The predicted octanol–water partition coefficient (Wildman–Crippen LogP) is 18.5. The number of nitrogens with zero attached hydrogens (tertiary/aromatic N) is 3. The van der Waals surface area contributed by atoms with Crippen molar-refractivity contribution in [3.8, 4) is 22.3 Å². The number of para-hydroxylation sites is 1. The Morgan fingerprint density at radius 3 is 2.12 bits per heavy atom. The minimum absolute atomic E-state index is 0.581. The van der Waals surface area contributed by atoms with E-state index in [0.29, 0.717) is 6.54 Å². The summed E-state index contributed by atoms with van der Waals surface area (Å²) in [4.78, 5) is 11.0. The molecular formula is C62H79N3. The first kappa shape index (κ1) is 54.8. The third kappa shape index (κ3) is 15.1. The van der Waals surface area contributed by atoms with Crippen LogP contribution in [0.1, 0.15) is 117 Å². The average Bonchev–Trinajstić information content (AvgIpc) is 3.36. The lowest BCUT2D eigenvalue weighted by Crippen LogP contribution is -2.22. The van der Waals surface area contributed by atoms with E-state index in [0.717, 1.165) is 48.2 Å². The number of fused-ring (bicyclic) bond motifs is 2. The molecule has 3 heteroatoms. The second kappa shape index (κ2) is 29.9. The first-order valence-corrected chi connectivity index (χ1v) is 23.8. The Kier molecular flexibility index (Phi) is 25.2. The number of hydrogen-bond donors (Lipinski definition) is 0. The maximum atomic E-state index is 4.62. The molecule has 0 radical (unpaired) electrons. The normalized spacial score (nSPS) is 13.5. The molecule has 4 aromatic carbocycles. The highest BCUT2D eigenvalue weighted by Crippen LogP contribution is 2.43. The summed E-state index contributed by atoms with van der Waals surface area (Å²) < 4.78 is 0. The zero-order valence-electron chi connectivity index (χ0n) is 42.4. The van der Waals surface area contributed by atoms with Gasteiger partial charge in [-0.15, -0.1) is 0 Å². The van der Waals surface area contributed by atoms with Crippen LogP contribution in [0, 0.1) is 13.8 Å². The molecule has 0 amide bonds. The lowest BCUT2D eigenvalue weighted by Gasteiger charge is -2.34. The van der Waals surface area contributed by atoms with Gasteiger partial charge in [-0.3, -0.25) is 9.98 Å². The first-order valence-electron chi connectivity index (χ1n) is 23.8. The summed E-state index contributed by atoms with van der Waals surface area (Å²) in [6.07, 6.45) is 26.8. The van der Waals surface area contributed by atoms with Gasteiger partial charge in [0.15, 0.2) is 0 Å². The number of aliphatic imine (C=N–C) groups is 2. The van der Waals surface area contributed by atoms with E-state index in [1.807, 2.05) is 98.8 Å². The standard InChI is InChI=1S/C38H37N.C18H24N2.3C2H6/c1-5-6-16-36-28(4)23-32-22-21-31(25-37(32)39(36)33-13-8-7-9-14-33)30-20-17-26(2)35(24-30)38-27(3)18-19-29-12-10-11-15-34(29)38;1-7-11-12-17(10-4)18(13-15(5)19-6)20-14-16(8-2)9-3;3*1-2/h6-10,12-14,16-22,24-25H,5,11,15,23H2,1-4H3;7-13H,2,4,6,14H2,1,3,5H3;3*1-2H3/b16-6-;11-7-,15-13-,16-9+,17-12+,20-18?;;;. The molecule has 342 valence electrons. The Balaban J connectivity index is 0.000000476. The van der Waals surface area contributed by atoms with Crippen LogP contribution in [0.5, 0.6) is 0 Å². The molecule has 0 atom stereocenters. The van der Waals surface area contributed by atoms with Crippen molar-refractivity contribution < 1.29 is 0 Å². The van der Waals surface area contributed by atoms with Crippen LogP contribution in [0.4, 0.5) is 11.4 Å². The van der Waals surface area contributed by atoms with Crippen LogP contribution in [-0.2, 0) is 12.8 Å². The molecule has 1 aliphatic heterocycles. The summed E-state index contributed by atoms with van der Waals surface area (Å²) in [6.45, 7) is 38.5. The molecule has 0 unspecified atom stereocenters. The Bertz CT molecular complexity index is 2420. The van der Waals surface area contributed by atoms with E-state index in [9.17, 15) is 0 Å². The van der Waals surface area contributed by atoms with E-state index in [1.54, 1.807) is 6.08 Å². The number of allylic oxidation sites excluding steroid dienone is 12. The number of aryl methyl sites for hydroxylation is 2. The van der Waals surface area contributed by atoms with Gasteiger partial charge >= 0.3 is 0 Å². The molecule has 1 heterocycles. The van der Waals surface area contributed by atoms with E-state index >= 15 is 0 Å². The van der Waals surface area contributed by atoms with Gasteiger partial charge in [-0.25, -0.2) is 0 Å². The van der Waals surface area contributed by atoms with E-state index in [2.05, 4.69) is 166 Å². The molecule has 0 saturated heterocycles. The zero-order valence-corrected chi connectivity index (χ0v) is 42.4. The smallest absolute Gasteiger partial charge is 0.0668 e. The van der Waals surface area contributed by atoms with Gasteiger partial charge in [-0.1, -0.05) is 171 Å². The number of benzene rings is 4. The zero-order chi connectivity index (χ0) is 48.3. The van der Waals surface area contributed by atoms with Crippen molar-refractivity contribution in [3.63, 3.8) is 0 Å². The number of anilines is 2. The van der Waals surface area contributed by atoms with Crippen LogP contribution in [0.3, 0.4) is 0 Å². The molecule has 0 N–H and O–H groups in total. The summed E-state index contributed by atoms with van der Waals surface area (Å²) in [5, 5.41) is 0. The van der Waals surface area contributed by atoms with E-state index < -0.39 is 0 Å². The molecule has 6 rings (SSSR count). The Morgan fingerprint density at radius 2 is 1.49 bits per heavy atom. The Morgan fingerprint density at radius 1 is 0.815 bits per heavy atom. The van der Waals surface area contributed by atoms with Crippen LogP contribution in [0.2, 0.25) is 0 Å². The van der Waals surface area contributed by atoms with Crippen molar-refractivity contribution in [2.24, 2.45) is 9.98 Å². The summed E-state index contributed by atoms with van der Waals surface area (Å²) in [6, 6.07) is 29.4. The lowest BCUT2D eigenvalue weighted by molar-refractivity contribution is 0.984. The fraction of sp³-hybridized carbons (Fsp3) is 0.290. The average molecular weight is 866 g/mol. The van der Waals surface area contributed by atoms with Crippen LogP contribution in [0.15, 0.2) is 191 Å². The van der Waals surface area contributed by atoms with Crippen molar-refractivity contribution in [2.45, 2.75) is 116 Å². The predicted molar refractivity (Wildman–Crippen MR) is 295 cm³/mol. The van der Waals surface area contributed by atoms with Gasteiger partial charge in [0.05, 0.1) is 17.9 Å². The maximum absolute atomic E-state index is 4.62. The van der Waals surface area contributed by atoms with Gasteiger partial charge in [0.25, 0.3) is 0 Å². The molecular weight excluding hydrogens is 787 g/mol. The fourth-order valence-corrected chi connectivity index (χ4v) is 7.56. The van der Waals surface area contributed by atoms with Crippen LogP contribution in [-0.4, -0.2) is 19.0 Å². The Labute approximate surface area is 396 Å². The highest BCUT2D eigenvalue weighted by atomic mass is 15.2. The third-order valence-electron chi connectivity index (χ3n) is 10.9. The molecule has 0 saturated carbocycles. The second-order valence-electron chi connectivity index (χ2n) is 15.0. The fourth-order valence-electron chi connectivity index (χ4n) is 7.56. The van der Waals surface area contributed by atoms with Gasteiger partial charge in [0.2, 0.25) is 0 Å². The molecule has 0 aromatic heterocycles. The minimum atomic E-state index is 0.581. The summed E-state index contributed by atoms with van der Waals surface area (Å²) in [7, 11) is 0. The lowest BCUT2D eigenvalue weighted by atomic mass is 9.84. The van der Waals surface area contributed by atoms with Crippen LogP contribution >= 0.6 is 0 Å². The topological polar surface area (TPSA) is 28.0 Å². The SMILES string of the molecule is C=C/C(=C\C)CN=C(/C=C(/C)N=C)/C(C=C)=C/C=C\C.CC.CC.CC.CC/C=C\C1=C(C)Cc2ccc(-c3ccc(C)c(-c4c(C)ccc5c4CCC=C5)c3)cc2N1c1ccccc1. The monoisotopic (exact) mass is 866 g/mol. The molecule has 65 heavy (non-hydrogen) atoms. The largest absolute Gasteiger partial charge is 0.310 e. The minimum Gasteiger partial charge on any atom is -0.310 e. The highest BCUT2D eigenvalue weighted by Gasteiger charge is 2.24. The summed E-state index contributed by atoms with van der Waals surface area (Å²) in [5.41, 5.74) is 21.1. The van der Waals surface area contributed by atoms with Crippen molar-refractivity contribution in [2.75, 3.05) is 11.4 Å². The van der Waals surface area contributed by atoms with Crippen molar-refractivity contribution >= 4 is 29.9 Å².